The van der Waals surface area contributed by atoms with Gasteiger partial charge in [0.15, 0.2) is 0 Å². The van der Waals surface area contributed by atoms with E-state index in [1.54, 1.807) is 22.7 Å². The molecule has 3 rings (SSSR count). The van der Waals surface area contributed by atoms with Crippen LogP contribution >= 0.6 is 38.6 Å². The zero-order valence-corrected chi connectivity index (χ0v) is 12.6. The summed E-state index contributed by atoms with van der Waals surface area (Å²) in [6.45, 7) is 0. The molecule has 2 heterocycles. The quantitative estimate of drug-likeness (QED) is 0.767. The van der Waals surface area contributed by atoms with E-state index in [1.807, 2.05) is 29.6 Å². The number of fused-ring (bicyclic) bond motifs is 1. The number of aromatic nitrogens is 1. The van der Waals surface area contributed by atoms with Crippen molar-refractivity contribution in [3.63, 3.8) is 0 Å². The van der Waals surface area contributed by atoms with Crippen molar-refractivity contribution in [2.45, 2.75) is 12.5 Å². The Morgan fingerprint density at radius 3 is 2.83 bits per heavy atom. The summed E-state index contributed by atoms with van der Waals surface area (Å²) in [6, 6.07) is 10.0. The molecule has 0 aliphatic carbocycles. The molecule has 0 spiro atoms. The maximum absolute atomic E-state index is 10.2. The van der Waals surface area contributed by atoms with E-state index in [0.29, 0.717) is 6.42 Å². The van der Waals surface area contributed by atoms with Crippen LogP contribution < -0.4 is 0 Å². The van der Waals surface area contributed by atoms with Crippen LogP contribution in [0.15, 0.2) is 40.2 Å². The van der Waals surface area contributed by atoms with Crippen molar-refractivity contribution in [3.8, 4) is 0 Å². The lowest BCUT2D eigenvalue weighted by Gasteiger charge is -2.06. The van der Waals surface area contributed by atoms with Crippen LogP contribution in [0, 0.1) is 0 Å². The Labute approximate surface area is 121 Å². The third kappa shape index (κ3) is 2.36. The van der Waals surface area contributed by atoms with Crippen LogP contribution in [0.5, 0.6) is 0 Å². The molecule has 0 aliphatic rings. The van der Waals surface area contributed by atoms with E-state index in [9.17, 15) is 5.11 Å². The molecule has 2 nitrogen and oxygen atoms in total. The van der Waals surface area contributed by atoms with Gasteiger partial charge in [0, 0.05) is 15.8 Å². The molecule has 2 aromatic heterocycles. The van der Waals surface area contributed by atoms with E-state index in [0.717, 1.165) is 19.9 Å². The second-order valence-corrected chi connectivity index (χ2v) is 6.85. The molecule has 0 radical (unpaired) electrons. The summed E-state index contributed by atoms with van der Waals surface area (Å²) in [6.07, 6.45) is 0.0817. The number of halogens is 1. The van der Waals surface area contributed by atoms with E-state index in [-0.39, 0.29) is 0 Å². The second kappa shape index (κ2) is 5.09. The van der Waals surface area contributed by atoms with Crippen molar-refractivity contribution >= 4 is 48.8 Å². The molecule has 1 atom stereocenters. The molecular formula is C13H10BrNOS2. The molecule has 0 bridgehead atoms. The van der Waals surface area contributed by atoms with Crippen molar-refractivity contribution in [1.29, 1.82) is 0 Å². The highest BCUT2D eigenvalue weighted by Gasteiger charge is 2.15. The predicted octanol–water partition coefficient (Wildman–Crippen LogP) is 4.40. The summed E-state index contributed by atoms with van der Waals surface area (Å²) < 4.78 is 2.14. The minimum absolute atomic E-state index is 0.486. The van der Waals surface area contributed by atoms with Crippen molar-refractivity contribution < 1.29 is 5.11 Å². The second-order valence-electron chi connectivity index (χ2n) is 3.93. The first-order valence-corrected chi connectivity index (χ1v) is 7.98. The van der Waals surface area contributed by atoms with Gasteiger partial charge in [0.1, 0.15) is 0 Å². The number of aliphatic hydroxyl groups is 1. The van der Waals surface area contributed by atoms with Crippen LogP contribution in [-0.2, 0) is 6.42 Å². The number of benzene rings is 1. The van der Waals surface area contributed by atoms with Crippen LogP contribution in [0.2, 0.25) is 0 Å². The normalized spacial score (nSPS) is 13.0. The van der Waals surface area contributed by atoms with Gasteiger partial charge < -0.3 is 5.11 Å². The van der Waals surface area contributed by atoms with Crippen molar-refractivity contribution in [1.82, 2.24) is 4.98 Å². The largest absolute Gasteiger partial charge is 0.387 e. The standard InChI is InChI=1S/C13H10BrNOS2/c14-8-5-6-17-13(8)10(16)7-12-15-9-3-1-2-4-11(9)18-12/h1-6,10,16H,7H2. The predicted molar refractivity (Wildman–Crippen MR) is 80.3 cm³/mol. The molecule has 1 unspecified atom stereocenters. The number of hydrogen-bond donors (Lipinski definition) is 1. The number of thiazole rings is 1. The number of nitrogens with zero attached hydrogens (tertiary/aromatic N) is 1. The van der Waals surface area contributed by atoms with Crippen LogP contribution in [0.3, 0.4) is 0 Å². The highest BCUT2D eigenvalue weighted by molar-refractivity contribution is 9.10. The number of para-hydroxylation sites is 1. The molecule has 18 heavy (non-hydrogen) atoms. The Balaban J connectivity index is 1.86. The molecule has 1 aromatic carbocycles. The Bertz CT molecular complexity index is 643. The molecule has 3 aromatic rings. The third-order valence-corrected chi connectivity index (χ3v) is 5.68. The summed E-state index contributed by atoms with van der Waals surface area (Å²) in [5, 5.41) is 13.2. The SMILES string of the molecule is OC(Cc1nc2ccccc2s1)c1sccc1Br. The van der Waals surface area contributed by atoms with Gasteiger partial charge in [0.2, 0.25) is 0 Å². The van der Waals surface area contributed by atoms with Crippen molar-refractivity contribution in [2.24, 2.45) is 0 Å². The van der Waals surface area contributed by atoms with Crippen LogP contribution in [-0.4, -0.2) is 10.1 Å². The number of hydrogen-bond acceptors (Lipinski definition) is 4. The highest BCUT2D eigenvalue weighted by Crippen LogP contribution is 2.32. The average molecular weight is 340 g/mol. The van der Waals surface area contributed by atoms with Gasteiger partial charge >= 0.3 is 0 Å². The average Bonchev–Trinajstić information content (AvgIpc) is 2.94. The summed E-state index contributed by atoms with van der Waals surface area (Å²) in [5.74, 6) is 0. The number of aliphatic hydroxyl groups excluding tert-OH is 1. The van der Waals surface area contributed by atoms with E-state index in [4.69, 9.17) is 0 Å². The van der Waals surface area contributed by atoms with Gasteiger partial charge in [-0.05, 0) is 39.5 Å². The lowest BCUT2D eigenvalue weighted by molar-refractivity contribution is 0.181. The lowest BCUT2D eigenvalue weighted by Crippen LogP contribution is -1.99. The Morgan fingerprint density at radius 1 is 1.28 bits per heavy atom. The molecule has 92 valence electrons. The Hall–Kier alpha value is -0.750. The van der Waals surface area contributed by atoms with Gasteiger partial charge in [0.05, 0.1) is 21.3 Å². The fourth-order valence-electron chi connectivity index (χ4n) is 1.81. The Kier molecular flexibility index (Phi) is 3.48. The first-order chi connectivity index (χ1) is 8.74. The molecule has 5 heteroatoms. The molecular weight excluding hydrogens is 330 g/mol. The van der Waals surface area contributed by atoms with E-state index in [2.05, 4.69) is 27.0 Å². The molecule has 0 fully saturated rings. The van der Waals surface area contributed by atoms with Gasteiger partial charge in [-0.2, -0.15) is 0 Å². The molecule has 1 N–H and O–H groups in total. The summed E-state index contributed by atoms with van der Waals surface area (Å²) in [4.78, 5) is 5.51. The van der Waals surface area contributed by atoms with E-state index < -0.39 is 6.10 Å². The summed E-state index contributed by atoms with van der Waals surface area (Å²) in [5.41, 5.74) is 1.01. The number of thiophene rings is 1. The molecule has 0 aliphatic heterocycles. The minimum atomic E-state index is -0.486. The molecule has 0 saturated heterocycles. The van der Waals surface area contributed by atoms with E-state index in [1.165, 1.54) is 4.70 Å². The van der Waals surface area contributed by atoms with Gasteiger partial charge in [0.25, 0.3) is 0 Å². The third-order valence-electron chi connectivity index (χ3n) is 2.65. The topological polar surface area (TPSA) is 33.1 Å². The zero-order valence-electron chi connectivity index (χ0n) is 9.34. The van der Waals surface area contributed by atoms with Crippen molar-refractivity contribution in [3.05, 3.63) is 50.1 Å². The summed E-state index contributed by atoms with van der Waals surface area (Å²) >= 11 is 6.66. The minimum Gasteiger partial charge on any atom is -0.387 e. The fraction of sp³-hybridized carbons (Fsp3) is 0.154. The van der Waals surface area contributed by atoms with Gasteiger partial charge in [-0.1, -0.05) is 12.1 Å². The maximum Gasteiger partial charge on any atom is 0.0968 e. The maximum atomic E-state index is 10.2. The van der Waals surface area contributed by atoms with Gasteiger partial charge in [-0.15, -0.1) is 22.7 Å². The Morgan fingerprint density at radius 2 is 2.11 bits per heavy atom. The van der Waals surface area contributed by atoms with Crippen LogP contribution in [0.1, 0.15) is 16.0 Å². The van der Waals surface area contributed by atoms with Gasteiger partial charge in [-0.25, -0.2) is 4.98 Å². The van der Waals surface area contributed by atoms with Crippen LogP contribution in [0.4, 0.5) is 0 Å². The fourth-order valence-corrected chi connectivity index (χ4v) is 4.44. The van der Waals surface area contributed by atoms with E-state index >= 15 is 0 Å². The monoisotopic (exact) mass is 339 g/mol. The molecule has 0 saturated carbocycles. The molecule has 0 amide bonds. The number of rotatable bonds is 3. The first-order valence-electron chi connectivity index (χ1n) is 5.49. The van der Waals surface area contributed by atoms with Crippen LogP contribution in [0.25, 0.3) is 10.2 Å². The first kappa shape index (κ1) is 12.3. The highest BCUT2D eigenvalue weighted by atomic mass is 79.9. The van der Waals surface area contributed by atoms with Crippen molar-refractivity contribution in [2.75, 3.05) is 0 Å². The smallest absolute Gasteiger partial charge is 0.0968 e. The summed E-state index contributed by atoms with van der Waals surface area (Å²) in [7, 11) is 0. The lowest BCUT2D eigenvalue weighted by atomic mass is 10.2. The zero-order chi connectivity index (χ0) is 12.5. The van der Waals surface area contributed by atoms with Gasteiger partial charge in [-0.3, -0.25) is 0 Å².